The van der Waals surface area contributed by atoms with E-state index in [9.17, 15) is 10.1 Å². The fourth-order valence-electron chi connectivity index (χ4n) is 1.72. The molecule has 0 heterocycles. The molecule has 0 atom stereocenters. The molecule has 0 saturated heterocycles. The zero-order valence-electron chi connectivity index (χ0n) is 10.1. The Hall–Kier alpha value is -1.30. The molecule has 2 rings (SSSR count). The van der Waals surface area contributed by atoms with Gasteiger partial charge < -0.3 is 5.32 Å². The third kappa shape index (κ3) is 3.42. The van der Waals surface area contributed by atoms with Crippen LogP contribution in [0.2, 0.25) is 10.0 Å². The maximum absolute atomic E-state index is 11.0. The number of halogens is 3. The number of nitro groups is 1. The van der Waals surface area contributed by atoms with Gasteiger partial charge in [0.15, 0.2) is 0 Å². The van der Waals surface area contributed by atoms with Crippen LogP contribution in [0.1, 0.15) is 5.56 Å². The topological polar surface area (TPSA) is 55.2 Å². The van der Waals surface area contributed by atoms with Crippen molar-refractivity contribution in [2.24, 2.45) is 0 Å². The molecule has 2 aromatic carbocycles. The predicted molar refractivity (Wildman–Crippen MR) is 84.6 cm³/mol. The summed E-state index contributed by atoms with van der Waals surface area (Å²) in [5.74, 6) is 0. The fourth-order valence-corrected chi connectivity index (χ4v) is 2.66. The Morgan fingerprint density at radius 3 is 2.45 bits per heavy atom. The van der Waals surface area contributed by atoms with Gasteiger partial charge in [-0.3, -0.25) is 10.1 Å². The van der Waals surface area contributed by atoms with Crippen molar-refractivity contribution in [1.29, 1.82) is 0 Å². The van der Waals surface area contributed by atoms with E-state index < -0.39 is 4.92 Å². The summed E-state index contributed by atoms with van der Waals surface area (Å²) in [4.78, 5) is 10.6. The van der Waals surface area contributed by atoms with Gasteiger partial charge in [-0.15, -0.1) is 0 Å². The molecule has 0 spiro atoms. The van der Waals surface area contributed by atoms with Crippen molar-refractivity contribution in [2.75, 3.05) is 5.32 Å². The lowest BCUT2D eigenvalue weighted by Crippen LogP contribution is -2.04. The molecule has 104 valence electrons. The van der Waals surface area contributed by atoms with Gasteiger partial charge >= 0.3 is 0 Å². The molecule has 0 radical (unpaired) electrons. The Labute approximate surface area is 134 Å². The number of nitro benzene ring substituents is 1. The molecule has 0 aromatic heterocycles. The molecule has 0 bridgehead atoms. The van der Waals surface area contributed by atoms with Gasteiger partial charge in [0.1, 0.15) is 0 Å². The first-order valence-electron chi connectivity index (χ1n) is 5.59. The maximum atomic E-state index is 11.0. The third-order valence-corrected chi connectivity index (χ3v) is 3.78. The number of hydrogen-bond acceptors (Lipinski definition) is 3. The highest BCUT2D eigenvalue weighted by Crippen LogP contribution is 2.31. The molecule has 0 unspecified atom stereocenters. The molecule has 0 amide bonds. The summed E-state index contributed by atoms with van der Waals surface area (Å²) in [6.07, 6.45) is 0. The fraction of sp³-hybridized carbons (Fsp3) is 0.0769. The van der Waals surface area contributed by atoms with E-state index in [4.69, 9.17) is 23.2 Å². The average molecular weight is 376 g/mol. The van der Waals surface area contributed by atoms with E-state index >= 15 is 0 Å². The standard InChI is InChI=1S/C13H9BrCl2N2O2/c14-9-4-5-12(18(19)20)8(6-9)7-17-13-10(15)2-1-3-11(13)16/h1-6,17H,7H2. The molecule has 7 heteroatoms. The van der Waals surface area contributed by atoms with Gasteiger partial charge in [-0.25, -0.2) is 0 Å². The van der Waals surface area contributed by atoms with Crippen LogP contribution in [0.3, 0.4) is 0 Å². The number of rotatable bonds is 4. The highest BCUT2D eigenvalue weighted by Gasteiger charge is 2.14. The Morgan fingerprint density at radius 2 is 1.85 bits per heavy atom. The predicted octanol–water partition coefficient (Wildman–Crippen LogP) is 5.28. The summed E-state index contributed by atoms with van der Waals surface area (Å²) >= 11 is 15.4. The number of para-hydroxylation sites is 1. The molecule has 0 aliphatic heterocycles. The molecular formula is C13H9BrCl2N2O2. The SMILES string of the molecule is O=[N+]([O-])c1ccc(Br)cc1CNc1c(Cl)cccc1Cl. The third-order valence-electron chi connectivity index (χ3n) is 2.66. The minimum absolute atomic E-state index is 0.0453. The van der Waals surface area contributed by atoms with Crippen molar-refractivity contribution in [1.82, 2.24) is 0 Å². The van der Waals surface area contributed by atoms with Crippen molar-refractivity contribution in [3.8, 4) is 0 Å². The second-order valence-corrected chi connectivity index (χ2v) is 5.71. The monoisotopic (exact) mass is 374 g/mol. The van der Waals surface area contributed by atoms with E-state index in [0.717, 1.165) is 4.47 Å². The van der Waals surface area contributed by atoms with Gasteiger partial charge in [0.2, 0.25) is 0 Å². The van der Waals surface area contributed by atoms with Gasteiger partial charge in [-0.1, -0.05) is 45.2 Å². The molecule has 0 aliphatic rings. The van der Waals surface area contributed by atoms with E-state index in [2.05, 4.69) is 21.2 Å². The van der Waals surface area contributed by atoms with Crippen LogP contribution in [-0.4, -0.2) is 4.92 Å². The van der Waals surface area contributed by atoms with E-state index in [-0.39, 0.29) is 12.2 Å². The highest BCUT2D eigenvalue weighted by atomic mass is 79.9. The lowest BCUT2D eigenvalue weighted by atomic mass is 10.1. The molecular weight excluding hydrogens is 367 g/mol. The molecule has 2 aromatic rings. The normalized spacial score (nSPS) is 10.3. The number of nitrogens with zero attached hydrogens (tertiary/aromatic N) is 1. The first-order chi connectivity index (χ1) is 9.49. The van der Waals surface area contributed by atoms with Crippen LogP contribution in [0.5, 0.6) is 0 Å². The minimum atomic E-state index is -0.419. The Kier molecular flexibility index (Phi) is 4.86. The van der Waals surface area contributed by atoms with Crippen molar-refractivity contribution in [2.45, 2.75) is 6.54 Å². The number of benzene rings is 2. The second kappa shape index (κ2) is 6.43. The number of hydrogen-bond donors (Lipinski definition) is 1. The lowest BCUT2D eigenvalue weighted by Gasteiger charge is -2.10. The van der Waals surface area contributed by atoms with Crippen LogP contribution in [0.15, 0.2) is 40.9 Å². The molecule has 0 aliphatic carbocycles. The van der Waals surface area contributed by atoms with E-state index in [1.807, 2.05) is 0 Å². The molecule has 1 N–H and O–H groups in total. The van der Waals surface area contributed by atoms with Crippen LogP contribution in [-0.2, 0) is 6.54 Å². The van der Waals surface area contributed by atoms with Crippen LogP contribution < -0.4 is 5.32 Å². The van der Waals surface area contributed by atoms with Crippen LogP contribution in [0.4, 0.5) is 11.4 Å². The van der Waals surface area contributed by atoms with Crippen LogP contribution in [0, 0.1) is 10.1 Å². The van der Waals surface area contributed by atoms with E-state index in [0.29, 0.717) is 21.3 Å². The molecule has 4 nitrogen and oxygen atoms in total. The number of anilines is 1. The molecule has 20 heavy (non-hydrogen) atoms. The Balaban J connectivity index is 2.27. The summed E-state index contributed by atoms with van der Waals surface area (Å²) in [5.41, 5.74) is 1.15. The van der Waals surface area contributed by atoms with Crippen molar-refractivity contribution >= 4 is 50.5 Å². The lowest BCUT2D eigenvalue weighted by molar-refractivity contribution is -0.385. The van der Waals surface area contributed by atoms with E-state index in [1.165, 1.54) is 6.07 Å². The zero-order chi connectivity index (χ0) is 14.7. The quantitative estimate of drug-likeness (QED) is 0.584. The maximum Gasteiger partial charge on any atom is 0.274 e. The van der Waals surface area contributed by atoms with Crippen LogP contribution >= 0.6 is 39.1 Å². The summed E-state index contributed by atoms with van der Waals surface area (Å²) in [5, 5.41) is 15.0. The minimum Gasteiger partial charge on any atom is -0.378 e. The Morgan fingerprint density at radius 1 is 1.20 bits per heavy atom. The first kappa shape index (κ1) is 15.1. The van der Waals surface area contributed by atoms with Gasteiger partial charge in [0.05, 0.1) is 20.7 Å². The zero-order valence-corrected chi connectivity index (χ0v) is 13.2. The Bertz CT molecular complexity index is 645. The largest absolute Gasteiger partial charge is 0.378 e. The van der Waals surface area contributed by atoms with Crippen LogP contribution in [0.25, 0.3) is 0 Å². The summed E-state index contributed by atoms with van der Waals surface area (Å²) in [6, 6.07) is 9.91. The van der Waals surface area contributed by atoms with Crippen molar-refractivity contribution in [3.05, 3.63) is 66.6 Å². The summed E-state index contributed by atoms with van der Waals surface area (Å²) in [6.45, 7) is 0.249. The summed E-state index contributed by atoms with van der Waals surface area (Å²) in [7, 11) is 0. The average Bonchev–Trinajstić information content (AvgIpc) is 2.37. The smallest absolute Gasteiger partial charge is 0.274 e. The van der Waals surface area contributed by atoms with Crippen molar-refractivity contribution < 1.29 is 4.92 Å². The second-order valence-electron chi connectivity index (χ2n) is 3.98. The van der Waals surface area contributed by atoms with Crippen molar-refractivity contribution in [3.63, 3.8) is 0 Å². The van der Waals surface area contributed by atoms with Gasteiger partial charge in [0.25, 0.3) is 5.69 Å². The number of nitrogens with one attached hydrogen (secondary N) is 1. The first-order valence-corrected chi connectivity index (χ1v) is 7.14. The van der Waals surface area contributed by atoms with Gasteiger partial charge in [-0.05, 0) is 24.3 Å². The van der Waals surface area contributed by atoms with Gasteiger partial charge in [-0.2, -0.15) is 0 Å². The molecule has 0 fully saturated rings. The van der Waals surface area contributed by atoms with E-state index in [1.54, 1.807) is 30.3 Å². The highest BCUT2D eigenvalue weighted by molar-refractivity contribution is 9.10. The van der Waals surface area contributed by atoms with Gasteiger partial charge in [0, 0.05) is 22.6 Å². The summed E-state index contributed by atoms with van der Waals surface area (Å²) < 4.78 is 0.769. The molecule has 0 saturated carbocycles.